The molecule has 5 heteroatoms. The summed E-state index contributed by atoms with van der Waals surface area (Å²) in [4.78, 5) is 5.29. The number of hydrogen-bond donors (Lipinski definition) is 0. The van der Waals surface area contributed by atoms with Gasteiger partial charge in [-0.25, -0.2) is 0 Å². The molecule has 5 nitrogen and oxygen atoms in total. The zero-order valence-electron chi connectivity index (χ0n) is 20.0. The first-order chi connectivity index (χ1) is 16.7. The lowest BCUT2D eigenvalue weighted by atomic mass is 9.75. The molecule has 34 heavy (non-hydrogen) atoms. The van der Waals surface area contributed by atoms with Crippen LogP contribution in [0, 0.1) is 0 Å². The lowest BCUT2D eigenvalue weighted by Crippen LogP contribution is -2.29. The summed E-state index contributed by atoms with van der Waals surface area (Å²) in [7, 11) is 5.04. The van der Waals surface area contributed by atoms with E-state index < -0.39 is 0 Å². The summed E-state index contributed by atoms with van der Waals surface area (Å²) in [5.41, 5.74) is 5.51. The smallest absolute Gasteiger partial charge is 0.162 e. The van der Waals surface area contributed by atoms with Gasteiger partial charge in [0.05, 0.1) is 33.1 Å². The van der Waals surface area contributed by atoms with E-state index in [-0.39, 0.29) is 6.04 Å². The zero-order chi connectivity index (χ0) is 23.5. The first-order valence-electron chi connectivity index (χ1n) is 11.9. The van der Waals surface area contributed by atoms with Crippen LogP contribution in [-0.2, 0) is 6.61 Å². The van der Waals surface area contributed by atoms with E-state index in [4.69, 9.17) is 23.9 Å². The molecular weight excluding hydrogens is 426 g/mol. The van der Waals surface area contributed by atoms with Crippen LogP contribution in [0.5, 0.6) is 23.0 Å². The molecule has 0 aromatic heterocycles. The van der Waals surface area contributed by atoms with Crippen molar-refractivity contribution in [3.8, 4) is 23.0 Å². The predicted molar refractivity (Wildman–Crippen MR) is 134 cm³/mol. The molecule has 176 valence electrons. The fourth-order valence-corrected chi connectivity index (χ4v) is 5.17. The number of benzene rings is 3. The van der Waals surface area contributed by atoms with Crippen molar-refractivity contribution >= 4 is 5.71 Å². The van der Waals surface area contributed by atoms with Gasteiger partial charge in [0, 0.05) is 17.0 Å². The summed E-state index contributed by atoms with van der Waals surface area (Å²) >= 11 is 0. The Morgan fingerprint density at radius 1 is 0.765 bits per heavy atom. The molecule has 2 atom stereocenters. The monoisotopic (exact) mass is 457 g/mol. The van der Waals surface area contributed by atoms with Crippen LogP contribution in [0.1, 0.15) is 53.9 Å². The van der Waals surface area contributed by atoms with Gasteiger partial charge in [-0.1, -0.05) is 43.2 Å². The third kappa shape index (κ3) is 4.23. The van der Waals surface area contributed by atoms with Crippen LogP contribution in [0.2, 0.25) is 0 Å². The Kier molecular flexibility index (Phi) is 6.43. The second-order valence-electron chi connectivity index (χ2n) is 8.87. The van der Waals surface area contributed by atoms with Gasteiger partial charge in [0.25, 0.3) is 0 Å². The molecular formula is C29H31NO4. The molecule has 3 aromatic carbocycles. The van der Waals surface area contributed by atoms with Gasteiger partial charge in [-0.05, 0) is 54.3 Å². The summed E-state index contributed by atoms with van der Waals surface area (Å²) in [6.07, 6.45) is 4.71. The number of nitrogens with zero attached hydrogens (tertiary/aromatic N) is 1. The molecule has 3 aromatic rings. The van der Waals surface area contributed by atoms with Gasteiger partial charge in [0.2, 0.25) is 0 Å². The quantitative estimate of drug-likeness (QED) is 0.426. The summed E-state index contributed by atoms with van der Waals surface area (Å²) in [6.45, 7) is 0.472. The number of hydrogen-bond acceptors (Lipinski definition) is 5. The van der Waals surface area contributed by atoms with Crippen LogP contribution in [-0.4, -0.2) is 33.1 Å². The molecule has 0 N–H and O–H groups in total. The van der Waals surface area contributed by atoms with E-state index in [0.717, 1.165) is 46.7 Å². The third-order valence-electron chi connectivity index (χ3n) is 6.91. The van der Waals surface area contributed by atoms with E-state index in [1.165, 1.54) is 18.4 Å². The molecule has 2 unspecified atom stereocenters. The zero-order valence-corrected chi connectivity index (χ0v) is 20.0. The van der Waals surface area contributed by atoms with Gasteiger partial charge in [0.15, 0.2) is 23.0 Å². The maximum Gasteiger partial charge on any atom is 0.162 e. The minimum Gasteiger partial charge on any atom is -0.493 e. The maximum absolute atomic E-state index is 6.20. The molecule has 1 heterocycles. The average molecular weight is 458 g/mol. The summed E-state index contributed by atoms with van der Waals surface area (Å²) in [5, 5.41) is 0. The van der Waals surface area contributed by atoms with Crippen molar-refractivity contribution < 1.29 is 18.9 Å². The van der Waals surface area contributed by atoms with Crippen molar-refractivity contribution in [2.45, 2.75) is 44.2 Å². The lowest BCUT2D eigenvalue weighted by Gasteiger charge is -2.36. The van der Waals surface area contributed by atoms with Crippen LogP contribution < -0.4 is 18.9 Å². The highest BCUT2D eigenvalue weighted by atomic mass is 16.5. The number of rotatable bonds is 7. The Hall–Kier alpha value is -3.47. The predicted octanol–water partition coefficient (Wildman–Crippen LogP) is 6.17. The van der Waals surface area contributed by atoms with Crippen LogP contribution in [0.25, 0.3) is 0 Å². The lowest BCUT2D eigenvalue weighted by molar-refractivity contribution is 0.284. The highest BCUT2D eigenvalue weighted by Gasteiger charge is 2.34. The first kappa shape index (κ1) is 22.3. The Balaban J connectivity index is 1.56. The van der Waals surface area contributed by atoms with E-state index >= 15 is 0 Å². The third-order valence-corrected chi connectivity index (χ3v) is 6.91. The van der Waals surface area contributed by atoms with Gasteiger partial charge in [0.1, 0.15) is 6.61 Å². The molecule has 1 fully saturated rings. The minimum absolute atomic E-state index is 0.283. The van der Waals surface area contributed by atoms with Crippen molar-refractivity contribution in [1.29, 1.82) is 0 Å². The molecule has 0 bridgehead atoms. The Morgan fingerprint density at radius 3 is 2.26 bits per heavy atom. The van der Waals surface area contributed by atoms with Gasteiger partial charge in [-0.3, -0.25) is 4.99 Å². The van der Waals surface area contributed by atoms with Crippen molar-refractivity contribution in [3.05, 3.63) is 82.9 Å². The van der Waals surface area contributed by atoms with Crippen molar-refractivity contribution in [2.75, 3.05) is 21.3 Å². The molecule has 1 saturated carbocycles. The largest absolute Gasteiger partial charge is 0.493 e. The number of methoxy groups -OCH3 is 3. The number of ether oxygens (including phenoxy) is 4. The maximum atomic E-state index is 6.20. The van der Waals surface area contributed by atoms with Crippen LogP contribution >= 0.6 is 0 Å². The van der Waals surface area contributed by atoms with Gasteiger partial charge in [-0.15, -0.1) is 0 Å². The van der Waals surface area contributed by atoms with E-state index in [9.17, 15) is 0 Å². The Labute approximate surface area is 201 Å². The van der Waals surface area contributed by atoms with Crippen LogP contribution in [0.4, 0.5) is 0 Å². The van der Waals surface area contributed by atoms with E-state index in [1.54, 1.807) is 21.3 Å². The Bertz CT molecular complexity index is 1190. The van der Waals surface area contributed by atoms with Crippen molar-refractivity contribution in [3.63, 3.8) is 0 Å². The number of aliphatic imine (C=N–C) groups is 1. The molecule has 0 radical (unpaired) electrons. The first-order valence-corrected chi connectivity index (χ1v) is 11.9. The molecule has 2 aliphatic rings. The second-order valence-corrected chi connectivity index (χ2v) is 8.87. The second kappa shape index (κ2) is 9.80. The number of fused-ring (bicyclic) bond motifs is 3. The summed E-state index contributed by atoms with van der Waals surface area (Å²) in [5.74, 6) is 3.32. The van der Waals surface area contributed by atoms with Crippen LogP contribution in [0.3, 0.4) is 0 Å². The van der Waals surface area contributed by atoms with Gasteiger partial charge < -0.3 is 18.9 Å². The fraction of sp³-hybridized carbons (Fsp3) is 0.345. The summed E-state index contributed by atoms with van der Waals surface area (Å²) < 4.78 is 23.1. The van der Waals surface area contributed by atoms with Crippen molar-refractivity contribution in [2.24, 2.45) is 4.99 Å². The topological polar surface area (TPSA) is 49.3 Å². The van der Waals surface area contributed by atoms with Crippen LogP contribution in [0.15, 0.2) is 65.7 Å². The summed E-state index contributed by atoms with van der Waals surface area (Å²) in [6, 6.07) is 20.7. The minimum atomic E-state index is 0.283. The van der Waals surface area contributed by atoms with E-state index in [1.807, 2.05) is 30.3 Å². The van der Waals surface area contributed by atoms with E-state index in [2.05, 4.69) is 30.3 Å². The standard InChI is InChI=1S/C29H31NO4/c1-31-25-14-13-20(15-28(25)34-18-19-9-5-4-6-10-19)29-23-17-27(33-3)26(32-2)16-22(23)21-11-7-8-12-24(21)30-29/h4-6,9-10,13-17,21,24H,7-8,11-12,18H2,1-3H3. The highest BCUT2D eigenvalue weighted by molar-refractivity contribution is 6.15. The normalized spacial score (nSPS) is 18.9. The highest BCUT2D eigenvalue weighted by Crippen LogP contribution is 2.45. The molecule has 5 rings (SSSR count). The molecule has 0 saturated heterocycles. The molecule has 1 aliphatic carbocycles. The van der Waals surface area contributed by atoms with Crippen molar-refractivity contribution in [1.82, 2.24) is 0 Å². The van der Waals surface area contributed by atoms with Gasteiger partial charge in [-0.2, -0.15) is 0 Å². The Morgan fingerprint density at radius 2 is 1.50 bits per heavy atom. The molecule has 0 amide bonds. The fourth-order valence-electron chi connectivity index (χ4n) is 5.17. The molecule has 0 spiro atoms. The van der Waals surface area contributed by atoms with Gasteiger partial charge >= 0.3 is 0 Å². The SMILES string of the molecule is COc1cc2c(cc1OC)C1CCCCC1N=C2c1ccc(OC)c(OCc2ccccc2)c1. The molecule has 1 aliphatic heterocycles. The average Bonchev–Trinajstić information content (AvgIpc) is 2.91. The van der Waals surface area contributed by atoms with E-state index in [0.29, 0.717) is 24.0 Å².